The maximum absolute atomic E-state index is 5.74. The van der Waals surface area contributed by atoms with Crippen molar-refractivity contribution < 1.29 is 14.2 Å². The molecule has 0 fully saturated rings. The van der Waals surface area contributed by atoms with Crippen LogP contribution < -0.4 is 20.1 Å². The molecule has 1 aliphatic rings. The molecule has 1 aromatic rings. The van der Waals surface area contributed by atoms with Crippen molar-refractivity contribution in [3.8, 4) is 11.5 Å². The fraction of sp³-hybridized carbons (Fsp3) is 0.632. The molecule has 0 spiro atoms. The SMILES string of the molecule is CN=C(NCc1ccc2c(c1)OCCCO2)NCC(OC)C(C)(C)C. The molecular formula is C19H31N3O3. The van der Waals surface area contributed by atoms with E-state index in [0.29, 0.717) is 26.3 Å². The fourth-order valence-corrected chi connectivity index (χ4v) is 2.66. The standard InChI is InChI=1S/C19H31N3O3/c1-19(2,3)17(23-5)13-22-18(20-4)21-12-14-7-8-15-16(11-14)25-10-6-9-24-15/h7-8,11,17H,6,9-10,12-13H2,1-5H3,(H2,20,21,22). The number of benzene rings is 1. The first-order valence-electron chi connectivity index (χ1n) is 8.80. The Morgan fingerprint density at radius 1 is 1.20 bits per heavy atom. The minimum atomic E-state index is 0.0644. The van der Waals surface area contributed by atoms with Crippen molar-refractivity contribution in [2.75, 3.05) is 33.9 Å². The monoisotopic (exact) mass is 349 g/mol. The summed E-state index contributed by atoms with van der Waals surface area (Å²) in [7, 11) is 3.51. The van der Waals surface area contributed by atoms with Crippen LogP contribution in [0.4, 0.5) is 0 Å². The van der Waals surface area contributed by atoms with Gasteiger partial charge in [-0.1, -0.05) is 26.8 Å². The zero-order valence-electron chi connectivity index (χ0n) is 16.0. The molecule has 0 saturated heterocycles. The molecule has 1 unspecified atom stereocenters. The van der Waals surface area contributed by atoms with E-state index in [0.717, 1.165) is 29.4 Å². The molecule has 0 bridgehead atoms. The van der Waals surface area contributed by atoms with E-state index in [1.54, 1.807) is 14.2 Å². The predicted octanol–water partition coefficient (Wildman–Crippen LogP) is 2.57. The molecule has 1 heterocycles. The normalized spacial score (nSPS) is 16.1. The van der Waals surface area contributed by atoms with Gasteiger partial charge in [0.05, 0.1) is 19.3 Å². The highest BCUT2D eigenvalue weighted by Gasteiger charge is 2.24. The van der Waals surface area contributed by atoms with Crippen LogP contribution >= 0.6 is 0 Å². The van der Waals surface area contributed by atoms with Crippen molar-refractivity contribution in [3.05, 3.63) is 23.8 Å². The van der Waals surface area contributed by atoms with Gasteiger partial charge in [0.15, 0.2) is 17.5 Å². The number of hydrogen-bond acceptors (Lipinski definition) is 4. The summed E-state index contributed by atoms with van der Waals surface area (Å²) < 4.78 is 17.0. The van der Waals surface area contributed by atoms with Crippen LogP contribution in [0, 0.1) is 5.41 Å². The van der Waals surface area contributed by atoms with Gasteiger partial charge >= 0.3 is 0 Å². The number of rotatable bonds is 5. The van der Waals surface area contributed by atoms with E-state index < -0.39 is 0 Å². The quantitative estimate of drug-likeness (QED) is 0.632. The number of nitrogens with zero attached hydrogens (tertiary/aromatic N) is 1. The fourth-order valence-electron chi connectivity index (χ4n) is 2.66. The highest BCUT2D eigenvalue weighted by molar-refractivity contribution is 5.79. The summed E-state index contributed by atoms with van der Waals surface area (Å²) >= 11 is 0. The molecule has 0 radical (unpaired) electrons. The van der Waals surface area contributed by atoms with Crippen LogP contribution in [0.15, 0.2) is 23.2 Å². The van der Waals surface area contributed by atoms with Gasteiger partial charge < -0.3 is 24.8 Å². The zero-order valence-corrected chi connectivity index (χ0v) is 16.0. The number of nitrogens with one attached hydrogen (secondary N) is 2. The summed E-state index contributed by atoms with van der Waals surface area (Å²) in [5, 5.41) is 6.65. The lowest BCUT2D eigenvalue weighted by atomic mass is 9.89. The summed E-state index contributed by atoms with van der Waals surface area (Å²) in [6, 6.07) is 6.03. The van der Waals surface area contributed by atoms with Gasteiger partial charge in [0, 0.05) is 33.7 Å². The summed E-state index contributed by atoms with van der Waals surface area (Å²) in [4.78, 5) is 4.28. The van der Waals surface area contributed by atoms with E-state index >= 15 is 0 Å². The van der Waals surface area contributed by atoms with Crippen LogP contribution in [-0.2, 0) is 11.3 Å². The first-order valence-corrected chi connectivity index (χ1v) is 8.80. The second-order valence-electron chi connectivity index (χ2n) is 7.23. The number of hydrogen-bond donors (Lipinski definition) is 2. The number of aliphatic imine (C=N–C) groups is 1. The minimum absolute atomic E-state index is 0.0644. The third-order valence-corrected chi connectivity index (χ3v) is 4.20. The number of fused-ring (bicyclic) bond motifs is 1. The molecule has 0 aromatic heterocycles. The van der Waals surface area contributed by atoms with E-state index in [1.807, 2.05) is 18.2 Å². The van der Waals surface area contributed by atoms with Crippen LogP contribution in [0.5, 0.6) is 11.5 Å². The molecule has 0 aliphatic carbocycles. The molecule has 0 amide bonds. The molecule has 1 aromatic carbocycles. The van der Waals surface area contributed by atoms with Crippen molar-refractivity contribution in [2.24, 2.45) is 10.4 Å². The Hall–Kier alpha value is -1.95. The zero-order chi connectivity index (χ0) is 18.3. The highest BCUT2D eigenvalue weighted by atomic mass is 16.5. The lowest BCUT2D eigenvalue weighted by Gasteiger charge is -2.30. The van der Waals surface area contributed by atoms with Gasteiger partial charge in [0.1, 0.15) is 0 Å². The van der Waals surface area contributed by atoms with Crippen molar-refractivity contribution in [2.45, 2.75) is 39.8 Å². The van der Waals surface area contributed by atoms with E-state index in [-0.39, 0.29) is 11.5 Å². The van der Waals surface area contributed by atoms with E-state index in [2.05, 4.69) is 36.4 Å². The van der Waals surface area contributed by atoms with E-state index in [9.17, 15) is 0 Å². The summed E-state index contributed by atoms with van der Waals surface area (Å²) in [5.41, 5.74) is 1.18. The highest BCUT2D eigenvalue weighted by Crippen LogP contribution is 2.30. The number of methoxy groups -OCH3 is 1. The number of ether oxygens (including phenoxy) is 3. The summed E-state index contributed by atoms with van der Waals surface area (Å²) in [6.07, 6.45) is 1.01. The Bertz CT molecular complexity index is 582. The van der Waals surface area contributed by atoms with Crippen molar-refractivity contribution >= 4 is 5.96 Å². The van der Waals surface area contributed by atoms with Crippen LogP contribution in [0.2, 0.25) is 0 Å². The van der Waals surface area contributed by atoms with Crippen molar-refractivity contribution in [1.29, 1.82) is 0 Å². The average molecular weight is 349 g/mol. The third-order valence-electron chi connectivity index (χ3n) is 4.20. The van der Waals surface area contributed by atoms with Gasteiger partial charge in [-0.3, -0.25) is 4.99 Å². The largest absolute Gasteiger partial charge is 0.490 e. The maximum Gasteiger partial charge on any atom is 0.191 e. The van der Waals surface area contributed by atoms with Crippen LogP contribution in [0.25, 0.3) is 0 Å². The molecule has 1 aliphatic heterocycles. The molecule has 6 heteroatoms. The van der Waals surface area contributed by atoms with E-state index in [1.165, 1.54) is 0 Å². The molecule has 0 saturated carbocycles. The average Bonchev–Trinajstić information content (AvgIpc) is 2.81. The van der Waals surface area contributed by atoms with E-state index in [4.69, 9.17) is 14.2 Å². The van der Waals surface area contributed by atoms with Crippen molar-refractivity contribution in [1.82, 2.24) is 10.6 Å². The second kappa shape index (κ2) is 8.94. The molecule has 2 rings (SSSR count). The Morgan fingerprint density at radius 2 is 1.92 bits per heavy atom. The van der Waals surface area contributed by atoms with Crippen LogP contribution in [0.3, 0.4) is 0 Å². The predicted molar refractivity (Wildman–Crippen MR) is 101 cm³/mol. The van der Waals surface area contributed by atoms with Gasteiger partial charge in [0.25, 0.3) is 0 Å². The van der Waals surface area contributed by atoms with Gasteiger partial charge in [-0.25, -0.2) is 0 Å². The summed E-state index contributed by atoms with van der Waals surface area (Å²) in [5.74, 6) is 2.38. The molecule has 2 N–H and O–H groups in total. The Balaban J connectivity index is 1.89. The lowest BCUT2D eigenvalue weighted by molar-refractivity contribution is 0.0205. The summed E-state index contributed by atoms with van der Waals surface area (Å²) in [6.45, 7) is 9.24. The van der Waals surface area contributed by atoms with Crippen molar-refractivity contribution in [3.63, 3.8) is 0 Å². The first-order chi connectivity index (χ1) is 11.9. The van der Waals surface area contributed by atoms with Gasteiger partial charge in [-0.15, -0.1) is 0 Å². The molecule has 6 nitrogen and oxygen atoms in total. The van der Waals surface area contributed by atoms with Gasteiger partial charge in [0.2, 0.25) is 0 Å². The topological polar surface area (TPSA) is 64.1 Å². The molecular weight excluding hydrogens is 318 g/mol. The Labute approximate surface area is 151 Å². The van der Waals surface area contributed by atoms with Gasteiger partial charge in [-0.05, 0) is 23.1 Å². The minimum Gasteiger partial charge on any atom is -0.490 e. The molecule has 140 valence electrons. The Kier molecular flexibility index (Phi) is 6.93. The third kappa shape index (κ3) is 5.81. The van der Waals surface area contributed by atoms with Gasteiger partial charge in [-0.2, -0.15) is 0 Å². The first kappa shape index (κ1) is 19.4. The Morgan fingerprint density at radius 3 is 2.56 bits per heavy atom. The maximum atomic E-state index is 5.74. The molecule has 1 atom stereocenters. The number of guanidine groups is 1. The lowest BCUT2D eigenvalue weighted by Crippen LogP contribution is -2.45. The van der Waals surface area contributed by atoms with Crippen LogP contribution in [-0.4, -0.2) is 46.0 Å². The molecule has 25 heavy (non-hydrogen) atoms. The second-order valence-corrected chi connectivity index (χ2v) is 7.23. The van der Waals surface area contributed by atoms with Crippen LogP contribution in [0.1, 0.15) is 32.8 Å². The smallest absolute Gasteiger partial charge is 0.191 e.